The minimum absolute atomic E-state index is 0. The lowest BCUT2D eigenvalue weighted by molar-refractivity contribution is -0.141. The van der Waals surface area contributed by atoms with Crippen molar-refractivity contribution in [1.82, 2.24) is 10.2 Å². The van der Waals surface area contributed by atoms with Gasteiger partial charge in [-0.2, -0.15) is 0 Å². The van der Waals surface area contributed by atoms with Crippen molar-refractivity contribution in [2.24, 2.45) is 23.2 Å². The summed E-state index contributed by atoms with van der Waals surface area (Å²) in [6.07, 6.45) is 11.2. The second-order valence-electron chi connectivity index (χ2n) is 9.84. The van der Waals surface area contributed by atoms with Gasteiger partial charge < -0.3 is 15.7 Å². The Balaban J connectivity index is 0.00000225. The number of alkyl halides is 1. The molecule has 3 rings (SSSR count). The molecule has 1 saturated carbocycles. The molecular formula is C24H41ClN2O3. The van der Waals surface area contributed by atoms with Crippen LogP contribution in [0, 0.1) is 23.2 Å². The SMILES string of the molecule is C.CC(C)[C@@H](NC(=O)CC1CC1)C(=O)N1CC[C@H](C2=CCC(Cl)C=C2)C(C)(C)C1.O. The number of rotatable bonds is 6. The van der Waals surface area contributed by atoms with Crippen molar-refractivity contribution in [1.29, 1.82) is 0 Å². The lowest BCUT2D eigenvalue weighted by Crippen LogP contribution is -2.56. The quantitative estimate of drug-likeness (QED) is 0.630. The molecule has 1 aliphatic heterocycles. The minimum Gasteiger partial charge on any atom is -0.412 e. The molecule has 1 saturated heterocycles. The molecule has 2 aliphatic carbocycles. The summed E-state index contributed by atoms with van der Waals surface area (Å²) in [4.78, 5) is 27.5. The van der Waals surface area contributed by atoms with Gasteiger partial charge in [0.2, 0.25) is 11.8 Å². The van der Waals surface area contributed by atoms with Crippen molar-refractivity contribution in [2.45, 2.75) is 78.6 Å². The van der Waals surface area contributed by atoms with Crippen molar-refractivity contribution in [3.05, 3.63) is 23.8 Å². The van der Waals surface area contributed by atoms with Gasteiger partial charge in [-0.25, -0.2) is 0 Å². The van der Waals surface area contributed by atoms with E-state index in [1.54, 1.807) is 0 Å². The van der Waals surface area contributed by atoms with Gasteiger partial charge >= 0.3 is 0 Å². The molecule has 0 aromatic heterocycles. The third kappa shape index (κ3) is 6.58. The molecular weight excluding hydrogens is 400 g/mol. The van der Waals surface area contributed by atoms with Gasteiger partial charge in [0.05, 0.1) is 5.38 Å². The van der Waals surface area contributed by atoms with Crippen molar-refractivity contribution in [2.75, 3.05) is 13.1 Å². The monoisotopic (exact) mass is 440 g/mol. The van der Waals surface area contributed by atoms with Crippen LogP contribution in [0.3, 0.4) is 0 Å². The Hall–Kier alpha value is -1.33. The number of amides is 2. The van der Waals surface area contributed by atoms with Crippen LogP contribution in [-0.2, 0) is 9.59 Å². The number of halogens is 1. The lowest BCUT2D eigenvalue weighted by Gasteiger charge is -2.46. The highest BCUT2D eigenvalue weighted by molar-refractivity contribution is 6.22. The van der Waals surface area contributed by atoms with Crippen molar-refractivity contribution in [3.63, 3.8) is 0 Å². The van der Waals surface area contributed by atoms with Crippen LogP contribution < -0.4 is 5.32 Å². The zero-order valence-corrected chi connectivity index (χ0v) is 19.0. The number of carbonyl (C=O) groups is 2. The maximum absolute atomic E-state index is 13.3. The van der Waals surface area contributed by atoms with Gasteiger partial charge in [-0.1, -0.05) is 53.3 Å². The molecule has 0 bridgehead atoms. The molecule has 0 aromatic rings. The zero-order chi connectivity index (χ0) is 20.5. The van der Waals surface area contributed by atoms with Crippen LogP contribution in [0.2, 0.25) is 0 Å². The molecule has 0 aromatic carbocycles. The summed E-state index contributed by atoms with van der Waals surface area (Å²) >= 11 is 6.18. The van der Waals surface area contributed by atoms with E-state index in [-0.39, 0.29) is 41.4 Å². The van der Waals surface area contributed by atoms with E-state index in [0.29, 0.717) is 24.8 Å². The van der Waals surface area contributed by atoms with E-state index in [4.69, 9.17) is 11.6 Å². The summed E-state index contributed by atoms with van der Waals surface area (Å²) in [6.45, 7) is 9.97. The normalized spacial score (nSPS) is 26.2. The Kier molecular flexibility index (Phi) is 9.62. The van der Waals surface area contributed by atoms with Gasteiger partial charge in [0, 0.05) is 19.5 Å². The summed E-state index contributed by atoms with van der Waals surface area (Å²) in [6, 6.07) is -0.426. The van der Waals surface area contributed by atoms with Crippen LogP contribution in [0.25, 0.3) is 0 Å². The van der Waals surface area contributed by atoms with Gasteiger partial charge in [-0.05, 0) is 54.4 Å². The van der Waals surface area contributed by atoms with Crippen LogP contribution in [0.1, 0.15) is 67.2 Å². The lowest BCUT2D eigenvalue weighted by atomic mass is 9.69. The number of likely N-dealkylation sites (tertiary alicyclic amines) is 1. The second-order valence-corrected chi connectivity index (χ2v) is 10.4. The third-order valence-corrected chi connectivity index (χ3v) is 6.76. The summed E-state index contributed by atoms with van der Waals surface area (Å²) < 4.78 is 0. The van der Waals surface area contributed by atoms with E-state index in [2.05, 4.69) is 37.4 Å². The van der Waals surface area contributed by atoms with Crippen LogP contribution in [0.15, 0.2) is 23.8 Å². The van der Waals surface area contributed by atoms with E-state index in [1.807, 2.05) is 18.7 Å². The first-order chi connectivity index (χ1) is 13.2. The highest BCUT2D eigenvalue weighted by atomic mass is 35.5. The molecule has 0 radical (unpaired) electrons. The number of nitrogens with zero attached hydrogens (tertiary/aromatic N) is 1. The number of piperidine rings is 1. The predicted octanol–water partition coefficient (Wildman–Crippen LogP) is 4.11. The number of hydrogen-bond donors (Lipinski definition) is 1. The van der Waals surface area contributed by atoms with Gasteiger partial charge in [0.15, 0.2) is 0 Å². The Labute approximate surface area is 187 Å². The Morgan fingerprint density at radius 3 is 2.43 bits per heavy atom. The first-order valence-electron chi connectivity index (χ1n) is 10.8. The molecule has 3 atom stereocenters. The summed E-state index contributed by atoms with van der Waals surface area (Å²) in [5.74, 6) is 1.14. The zero-order valence-electron chi connectivity index (χ0n) is 18.2. The molecule has 0 spiro atoms. The molecule has 2 amide bonds. The van der Waals surface area contributed by atoms with Crippen molar-refractivity contribution >= 4 is 23.4 Å². The number of allylic oxidation sites excluding steroid dienone is 4. The molecule has 30 heavy (non-hydrogen) atoms. The number of hydrogen-bond acceptors (Lipinski definition) is 2. The van der Waals surface area contributed by atoms with Crippen molar-refractivity contribution < 1.29 is 15.1 Å². The minimum atomic E-state index is -0.426. The molecule has 1 unspecified atom stereocenters. The Morgan fingerprint density at radius 1 is 1.27 bits per heavy atom. The topological polar surface area (TPSA) is 80.9 Å². The first-order valence-corrected chi connectivity index (χ1v) is 11.2. The van der Waals surface area contributed by atoms with E-state index in [1.165, 1.54) is 5.57 Å². The molecule has 2 fully saturated rings. The maximum atomic E-state index is 13.3. The summed E-state index contributed by atoms with van der Waals surface area (Å²) in [5.41, 5.74) is 1.34. The molecule has 3 N–H and O–H groups in total. The van der Waals surface area contributed by atoms with Gasteiger partial charge in [0.1, 0.15) is 6.04 Å². The van der Waals surface area contributed by atoms with Crippen molar-refractivity contribution in [3.8, 4) is 0 Å². The van der Waals surface area contributed by atoms with Crippen LogP contribution >= 0.6 is 11.6 Å². The fourth-order valence-electron chi connectivity index (χ4n) is 4.56. The standard InChI is InChI=1S/C23H35ClN2O2.CH4.H2O/c1-15(2)21(25-20(27)13-16-5-6-16)22(28)26-12-11-19(23(3,4)14-26)17-7-9-18(24)10-8-17;;/h7-9,15-16,18-19,21H,5-6,10-14H2,1-4H3,(H,25,27);1H4;1H2/t18?,19-,21-;;/m1../s1. The number of nitrogens with one attached hydrogen (secondary N) is 1. The third-order valence-electron chi connectivity index (χ3n) is 6.44. The van der Waals surface area contributed by atoms with E-state index in [9.17, 15) is 9.59 Å². The fraction of sp³-hybridized carbons (Fsp3) is 0.750. The average molecular weight is 441 g/mol. The fourth-order valence-corrected chi connectivity index (χ4v) is 4.72. The Morgan fingerprint density at radius 2 is 1.93 bits per heavy atom. The van der Waals surface area contributed by atoms with Gasteiger partial charge in [-0.15, -0.1) is 11.6 Å². The van der Waals surface area contributed by atoms with Crippen LogP contribution in [0.4, 0.5) is 0 Å². The second kappa shape index (κ2) is 10.8. The van der Waals surface area contributed by atoms with E-state index < -0.39 is 6.04 Å². The average Bonchev–Trinajstić information content (AvgIpc) is 3.43. The van der Waals surface area contributed by atoms with E-state index >= 15 is 0 Å². The predicted molar refractivity (Wildman–Crippen MR) is 124 cm³/mol. The smallest absolute Gasteiger partial charge is 0.245 e. The molecule has 5 nitrogen and oxygen atoms in total. The highest BCUT2D eigenvalue weighted by Gasteiger charge is 2.41. The van der Waals surface area contributed by atoms with Crippen LogP contribution in [0.5, 0.6) is 0 Å². The highest BCUT2D eigenvalue weighted by Crippen LogP contribution is 2.41. The van der Waals surface area contributed by atoms with E-state index in [0.717, 1.165) is 32.2 Å². The number of carbonyl (C=O) groups excluding carboxylic acids is 2. The summed E-state index contributed by atoms with van der Waals surface area (Å²) in [5, 5.41) is 3.12. The largest absolute Gasteiger partial charge is 0.412 e. The Bertz CT molecular complexity index is 667. The maximum Gasteiger partial charge on any atom is 0.245 e. The van der Waals surface area contributed by atoms with Crippen LogP contribution in [-0.4, -0.2) is 46.7 Å². The summed E-state index contributed by atoms with van der Waals surface area (Å²) in [7, 11) is 0. The molecule has 6 heteroatoms. The first kappa shape index (κ1) is 26.7. The molecule has 172 valence electrons. The molecule has 1 heterocycles. The molecule has 3 aliphatic rings. The van der Waals surface area contributed by atoms with Gasteiger partial charge in [0.25, 0.3) is 0 Å². The van der Waals surface area contributed by atoms with Gasteiger partial charge in [-0.3, -0.25) is 9.59 Å².